The zero-order chi connectivity index (χ0) is 14.4. The molecule has 0 aliphatic carbocycles. The Kier molecular flexibility index (Phi) is 4.57. The molecule has 20 heavy (non-hydrogen) atoms. The highest BCUT2D eigenvalue weighted by Crippen LogP contribution is 2.21. The van der Waals surface area contributed by atoms with Gasteiger partial charge in [-0.05, 0) is 48.9 Å². The van der Waals surface area contributed by atoms with E-state index in [1.54, 1.807) is 31.4 Å². The number of rotatable bonds is 2. The molecule has 0 fully saturated rings. The minimum absolute atomic E-state index is 0.293. The quantitative estimate of drug-likeness (QED) is 0.730. The van der Waals surface area contributed by atoms with Gasteiger partial charge in [-0.3, -0.25) is 0 Å². The van der Waals surface area contributed by atoms with Crippen molar-refractivity contribution in [3.8, 4) is 17.6 Å². The highest BCUT2D eigenvalue weighted by atomic mass is 19.1. The average molecular weight is 266 g/mol. The number of allylic oxidation sites excluding steroid dienone is 2. The van der Waals surface area contributed by atoms with Gasteiger partial charge in [-0.2, -0.15) is 0 Å². The first-order chi connectivity index (χ1) is 9.70. The lowest BCUT2D eigenvalue weighted by atomic mass is 10.0. The largest absolute Gasteiger partial charge is 0.497 e. The van der Waals surface area contributed by atoms with Crippen LogP contribution in [0.5, 0.6) is 5.75 Å². The molecule has 0 N–H and O–H groups in total. The van der Waals surface area contributed by atoms with E-state index in [1.807, 2.05) is 30.3 Å². The summed E-state index contributed by atoms with van der Waals surface area (Å²) in [5, 5.41) is 0. The van der Waals surface area contributed by atoms with Crippen LogP contribution in [0.4, 0.5) is 4.39 Å². The number of hydrogen-bond donors (Lipinski definition) is 0. The molecule has 2 rings (SSSR count). The second-order valence-electron chi connectivity index (χ2n) is 4.25. The van der Waals surface area contributed by atoms with Gasteiger partial charge in [-0.15, -0.1) is 0 Å². The Hall–Kier alpha value is -2.53. The van der Waals surface area contributed by atoms with E-state index in [0.717, 1.165) is 16.9 Å². The van der Waals surface area contributed by atoms with Crippen LogP contribution < -0.4 is 4.74 Å². The van der Waals surface area contributed by atoms with Crippen LogP contribution in [0.2, 0.25) is 0 Å². The van der Waals surface area contributed by atoms with E-state index in [0.29, 0.717) is 5.57 Å². The Morgan fingerprint density at radius 3 is 2.20 bits per heavy atom. The third-order valence-corrected chi connectivity index (χ3v) is 2.83. The van der Waals surface area contributed by atoms with Gasteiger partial charge in [0, 0.05) is 5.56 Å². The van der Waals surface area contributed by atoms with E-state index < -0.39 is 0 Å². The van der Waals surface area contributed by atoms with Crippen LogP contribution in [0.1, 0.15) is 18.1 Å². The highest BCUT2D eigenvalue weighted by Gasteiger charge is 2.03. The van der Waals surface area contributed by atoms with Gasteiger partial charge in [-0.1, -0.05) is 30.0 Å². The van der Waals surface area contributed by atoms with Crippen LogP contribution in [0, 0.1) is 11.8 Å². The Labute approximate surface area is 118 Å². The molecule has 0 radical (unpaired) electrons. The minimum atomic E-state index is -0.293. The van der Waals surface area contributed by atoms with E-state index >= 15 is 0 Å². The van der Waals surface area contributed by atoms with Crippen molar-refractivity contribution >= 4 is 5.57 Å². The number of methoxy groups -OCH3 is 1. The van der Waals surface area contributed by atoms with Gasteiger partial charge in [-0.25, -0.2) is 4.39 Å². The average Bonchev–Trinajstić information content (AvgIpc) is 2.49. The molecular weight excluding hydrogens is 251 g/mol. The van der Waals surface area contributed by atoms with Crippen LogP contribution >= 0.6 is 0 Å². The zero-order valence-electron chi connectivity index (χ0n) is 11.5. The monoisotopic (exact) mass is 266 g/mol. The molecule has 0 aliphatic rings. The molecule has 0 bridgehead atoms. The predicted molar refractivity (Wildman–Crippen MR) is 80.0 cm³/mol. The van der Waals surface area contributed by atoms with Crippen molar-refractivity contribution in [2.45, 2.75) is 6.92 Å². The summed E-state index contributed by atoms with van der Waals surface area (Å²) in [5.74, 6) is 6.32. The lowest BCUT2D eigenvalue weighted by Gasteiger charge is -2.03. The van der Waals surface area contributed by atoms with E-state index in [9.17, 15) is 4.39 Å². The second-order valence-corrected chi connectivity index (χ2v) is 4.25. The molecule has 2 aromatic rings. The summed E-state index contributed by atoms with van der Waals surface area (Å²) in [6.45, 7) is 1.42. The maximum absolute atomic E-state index is 13.7. The highest BCUT2D eigenvalue weighted by molar-refractivity contribution is 5.81. The van der Waals surface area contributed by atoms with Crippen LogP contribution in [0.15, 0.2) is 60.4 Å². The lowest BCUT2D eigenvalue weighted by Crippen LogP contribution is -1.86. The van der Waals surface area contributed by atoms with Crippen LogP contribution in [-0.2, 0) is 0 Å². The summed E-state index contributed by atoms with van der Waals surface area (Å²) < 4.78 is 18.8. The van der Waals surface area contributed by atoms with Crippen LogP contribution in [0.25, 0.3) is 5.57 Å². The van der Waals surface area contributed by atoms with Gasteiger partial charge in [0.15, 0.2) is 0 Å². The van der Waals surface area contributed by atoms with Crippen molar-refractivity contribution in [2.75, 3.05) is 7.11 Å². The van der Waals surface area contributed by atoms with E-state index in [1.165, 1.54) is 6.92 Å². The molecule has 0 unspecified atom stereocenters. The predicted octanol–water partition coefficient (Wildman–Crippen LogP) is 4.45. The van der Waals surface area contributed by atoms with Crippen molar-refractivity contribution < 1.29 is 9.13 Å². The summed E-state index contributed by atoms with van der Waals surface area (Å²) in [7, 11) is 1.60. The van der Waals surface area contributed by atoms with Crippen molar-refractivity contribution in [1.29, 1.82) is 0 Å². The number of ether oxygens (including phenoxy) is 1. The Balaban J connectivity index is 2.34. The fourth-order valence-electron chi connectivity index (χ4n) is 1.77. The van der Waals surface area contributed by atoms with Crippen molar-refractivity contribution in [2.24, 2.45) is 0 Å². The van der Waals surface area contributed by atoms with Crippen molar-refractivity contribution in [3.05, 3.63) is 71.6 Å². The summed E-state index contributed by atoms with van der Waals surface area (Å²) >= 11 is 0. The van der Waals surface area contributed by atoms with Crippen molar-refractivity contribution in [1.82, 2.24) is 0 Å². The fraction of sp³-hybridized carbons (Fsp3) is 0.111. The van der Waals surface area contributed by atoms with E-state index in [-0.39, 0.29) is 5.83 Å². The first-order valence-corrected chi connectivity index (χ1v) is 6.28. The van der Waals surface area contributed by atoms with Crippen LogP contribution in [-0.4, -0.2) is 7.11 Å². The number of benzene rings is 2. The summed E-state index contributed by atoms with van der Waals surface area (Å²) in [5.41, 5.74) is 2.01. The maximum Gasteiger partial charge on any atom is 0.118 e. The second kappa shape index (κ2) is 6.58. The molecule has 0 aromatic heterocycles. The van der Waals surface area contributed by atoms with E-state index in [2.05, 4.69) is 11.8 Å². The first-order valence-electron chi connectivity index (χ1n) is 6.28. The molecule has 100 valence electrons. The molecule has 1 nitrogen and oxygen atoms in total. The van der Waals surface area contributed by atoms with Gasteiger partial charge in [0.05, 0.1) is 12.7 Å². The molecule has 0 spiro atoms. The molecule has 2 heteroatoms. The van der Waals surface area contributed by atoms with Gasteiger partial charge in [0.25, 0.3) is 0 Å². The smallest absolute Gasteiger partial charge is 0.118 e. The Morgan fingerprint density at radius 2 is 1.65 bits per heavy atom. The molecule has 0 atom stereocenters. The van der Waals surface area contributed by atoms with Gasteiger partial charge >= 0.3 is 0 Å². The molecule has 2 aromatic carbocycles. The SMILES string of the molecule is COc1ccc(/C(C#Cc2ccccc2)=C(\C)F)cc1. The zero-order valence-corrected chi connectivity index (χ0v) is 11.5. The van der Waals surface area contributed by atoms with Crippen molar-refractivity contribution in [3.63, 3.8) is 0 Å². The lowest BCUT2D eigenvalue weighted by molar-refractivity contribution is 0.415. The topological polar surface area (TPSA) is 9.23 Å². The first kappa shape index (κ1) is 13.9. The van der Waals surface area contributed by atoms with E-state index in [4.69, 9.17) is 4.74 Å². The number of halogens is 1. The molecule has 0 saturated carbocycles. The Morgan fingerprint density at radius 1 is 1.00 bits per heavy atom. The molecule has 0 amide bonds. The molecule has 0 saturated heterocycles. The van der Waals surface area contributed by atoms with Gasteiger partial charge < -0.3 is 4.74 Å². The molecule has 0 aliphatic heterocycles. The maximum atomic E-state index is 13.7. The third-order valence-electron chi connectivity index (χ3n) is 2.83. The normalized spacial score (nSPS) is 11.2. The fourth-order valence-corrected chi connectivity index (χ4v) is 1.77. The Bertz CT molecular complexity index is 654. The summed E-state index contributed by atoms with van der Waals surface area (Å²) in [6.07, 6.45) is 0. The minimum Gasteiger partial charge on any atom is -0.497 e. The summed E-state index contributed by atoms with van der Waals surface area (Å²) in [6, 6.07) is 16.7. The molecule has 0 heterocycles. The summed E-state index contributed by atoms with van der Waals surface area (Å²) in [4.78, 5) is 0. The standard InChI is InChI=1S/C18H15FO/c1-14(19)18(13-8-15-6-4-3-5-7-15)16-9-11-17(20-2)12-10-16/h3-7,9-12H,1-2H3/b18-14+. The molecular formula is C18H15FO. The van der Waals surface area contributed by atoms with Crippen LogP contribution in [0.3, 0.4) is 0 Å². The third kappa shape index (κ3) is 3.49. The van der Waals surface area contributed by atoms with Gasteiger partial charge in [0.2, 0.25) is 0 Å². The number of hydrogen-bond acceptors (Lipinski definition) is 1. The van der Waals surface area contributed by atoms with Gasteiger partial charge in [0.1, 0.15) is 11.6 Å².